The van der Waals surface area contributed by atoms with E-state index in [-0.39, 0.29) is 11.4 Å². The zero-order valence-electron chi connectivity index (χ0n) is 17.5. The number of nitro groups is 1. The van der Waals surface area contributed by atoms with Crippen molar-refractivity contribution in [1.29, 1.82) is 0 Å². The van der Waals surface area contributed by atoms with E-state index >= 15 is 0 Å². The highest BCUT2D eigenvalue weighted by atomic mass is 32.2. The zero-order chi connectivity index (χ0) is 22.6. The Morgan fingerprint density at radius 3 is 2.35 bits per heavy atom. The largest absolute Gasteiger partial charge is 0.372 e. The van der Waals surface area contributed by atoms with E-state index in [1.165, 1.54) is 31.5 Å². The highest BCUT2D eigenvalue weighted by molar-refractivity contribution is 7.92. The van der Waals surface area contributed by atoms with Crippen molar-refractivity contribution in [3.63, 3.8) is 0 Å². The van der Waals surface area contributed by atoms with Gasteiger partial charge < -0.3 is 10.2 Å². The molecule has 1 aliphatic rings. The molecule has 166 valence electrons. The van der Waals surface area contributed by atoms with Crippen LogP contribution in [0.15, 0.2) is 48.5 Å². The summed E-state index contributed by atoms with van der Waals surface area (Å²) in [5, 5.41) is 13.8. The van der Waals surface area contributed by atoms with Crippen LogP contribution in [-0.4, -0.2) is 44.6 Å². The lowest BCUT2D eigenvalue weighted by Crippen LogP contribution is -2.45. The van der Waals surface area contributed by atoms with Crippen molar-refractivity contribution in [2.45, 2.75) is 32.2 Å². The average molecular weight is 447 g/mol. The lowest BCUT2D eigenvalue weighted by Gasteiger charge is -2.29. The molecule has 0 saturated carbocycles. The number of nitro benzene ring substituents is 1. The number of carbonyl (C=O) groups is 1. The number of amides is 1. The molecule has 2 aromatic rings. The Morgan fingerprint density at radius 2 is 1.77 bits per heavy atom. The summed E-state index contributed by atoms with van der Waals surface area (Å²) in [6.45, 7) is 3.46. The number of nitrogens with zero attached hydrogens (tertiary/aromatic N) is 3. The Hall–Kier alpha value is -3.14. The number of hydrogen-bond acceptors (Lipinski definition) is 6. The number of rotatable bonds is 7. The monoisotopic (exact) mass is 446 g/mol. The molecule has 0 aromatic heterocycles. The highest BCUT2D eigenvalue weighted by Gasteiger charge is 2.30. The maximum absolute atomic E-state index is 12.8. The van der Waals surface area contributed by atoms with E-state index in [1.54, 1.807) is 12.1 Å². The minimum absolute atomic E-state index is 0.0554. The maximum atomic E-state index is 12.8. The van der Waals surface area contributed by atoms with Gasteiger partial charge in [-0.3, -0.25) is 19.2 Å². The average Bonchev–Trinajstić information content (AvgIpc) is 2.74. The molecule has 0 radical (unpaired) electrons. The summed E-state index contributed by atoms with van der Waals surface area (Å²) in [6.07, 6.45) is 4.52. The SMILES string of the molecule is CC(C(=O)Nc1ccc(N2CCCCC2)cc1)N(c1cccc([N+](=O)[O-])c1)S(C)(=O)=O. The minimum atomic E-state index is -3.87. The summed E-state index contributed by atoms with van der Waals surface area (Å²) < 4.78 is 25.7. The van der Waals surface area contributed by atoms with Crippen LogP contribution in [0.2, 0.25) is 0 Å². The first-order valence-corrected chi connectivity index (χ1v) is 11.9. The number of hydrogen-bond donors (Lipinski definition) is 1. The van der Waals surface area contributed by atoms with E-state index in [4.69, 9.17) is 0 Å². The van der Waals surface area contributed by atoms with Crippen LogP contribution in [0.3, 0.4) is 0 Å². The van der Waals surface area contributed by atoms with E-state index in [0.717, 1.165) is 48.2 Å². The molecule has 1 atom stereocenters. The number of anilines is 3. The molecule has 2 aromatic carbocycles. The van der Waals surface area contributed by atoms with Crippen LogP contribution in [0.5, 0.6) is 0 Å². The lowest BCUT2D eigenvalue weighted by atomic mass is 10.1. The fourth-order valence-electron chi connectivity index (χ4n) is 3.71. The van der Waals surface area contributed by atoms with Gasteiger partial charge in [-0.25, -0.2) is 8.42 Å². The van der Waals surface area contributed by atoms with Gasteiger partial charge >= 0.3 is 0 Å². The van der Waals surface area contributed by atoms with E-state index in [9.17, 15) is 23.3 Å². The summed E-state index contributed by atoms with van der Waals surface area (Å²) >= 11 is 0. The third-order valence-electron chi connectivity index (χ3n) is 5.24. The summed E-state index contributed by atoms with van der Waals surface area (Å²) in [5.74, 6) is -0.539. The standard InChI is InChI=1S/C21H26N4O5S/c1-16(24(31(2,29)30)19-7-6-8-20(15-19)25(27)28)21(26)22-17-9-11-18(12-10-17)23-13-4-3-5-14-23/h6-12,15-16H,3-5,13-14H2,1-2H3,(H,22,26). The van der Waals surface area contributed by atoms with Crippen LogP contribution in [0, 0.1) is 10.1 Å². The van der Waals surface area contributed by atoms with E-state index < -0.39 is 26.9 Å². The van der Waals surface area contributed by atoms with E-state index in [0.29, 0.717) is 5.69 Å². The fourth-order valence-corrected chi connectivity index (χ4v) is 4.87. The molecular formula is C21H26N4O5S. The number of non-ortho nitro benzene ring substituents is 1. The molecule has 1 N–H and O–H groups in total. The molecule has 1 amide bonds. The summed E-state index contributed by atoms with van der Waals surface area (Å²) in [4.78, 5) is 25.6. The number of carbonyl (C=O) groups excluding carboxylic acids is 1. The number of nitrogens with one attached hydrogen (secondary N) is 1. The van der Waals surface area contributed by atoms with Crippen molar-refractivity contribution in [1.82, 2.24) is 0 Å². The smallest absolute Gasteiger partial charge is 0.271 e. The first kappa shape index (κ1) is 22.5. The van der Waals surface area contributed by atoms with Crippen LogP contribution in [0.25, 0.3) is 0 Å². The van der Waals surface area contributed by atoms with E-state index in [2.05, 4.69) is 10.2 Å². The summed E-state index contributed by atoms with van der Waals surface area (Å²) in [7, 11) is -3.87. The molecule has 1 heterocycles. The summed E-state index contributed by atoms with van der Waals surface area (Å²) in [6, 6.07) is 11.5. The van der Waals surface area contributed by atoms with Crippen molar-refractivity contribution in [2.24, 2.45) is 0 Å². The molecule has 10 heteroatoms. The van der Waals surface area contributed by atoms with Gasteiger partial charge in [-0.2, -0.15) is 0 Å². The fraction of sp³-hybridized carbons (Fsp3) is 0.381. The Morgan fingerprint density at radius 1 is 1.13 bits per heavy atom. The molecule has 3 rings (SSSR count). The van der Waals surface area contributed by atoms with Crippen molar-refractivity contribution >= 4 is 38.7 Å². The molecular weight excluding hydrogens is 420 g/mol. The van der Waals surface area contributed by atoms with Gasteiger partial charge in [0, 0.05) is 36.6 Å². The van der Waals surface area contributed by atoms with Crippen LogP contribution < -0.4 is 14.5 Å². The Bertz CT molecular complexity index is 1050. The summed E-state index contributed by atoms with van der Waals surface area (Å²) in [5.41, 5.74) is 1.43. The third kappa shape index (κ3) is 5.52. The van der Waals surface area contributed by atoms with Gasteiger partial charge in [0.2, 0.25) is 15.9 Å². The first-order chi connectivity index (χ1) is 14.7. The quantitative estimate of drug-likeness (QED) is 0.515. The molecule has 9 nitrogen and oxygen atoms in total. The second-order valence-electron chi connectivity index (χ2n) is 7.60. The molecule has 31 heavy (non-hydrogen) atoms. The second-order valence-corrected chi connectivity index (χ2v) is 9.46. The Kier molecular flexibility index (Phi) is 6.79. The van der Waals surface area contributed by atoms with Crippen LogP contribution in [0.1, 0.15) is 26.2 Å². The maximum Gasteiger partial charge on any atom is 0.271 e. The molecule has 1 saturated heterocycles. The second kappa shape index (κ2) is 9.34. The van der Waals surface area contributed by atoms with Crippen molar-refractivity contribution < 1.29 is 18.1 Å². The van der Waals surface area contributed by atoms with Gasteiger partial charge in [0.05, 0.1) is 16.9 Å². The van der Waals surface area contributed by atoms with Gasteiger partial charge in [-0.15, -0.1) is 0 Å². The van der Waals surface area contributed by atoms with Crippen LogP contribution in [-0.2, 0) is 14.8 Å². The molecule has 0 bridgehead atoms. The van der Waals surface area contributed by atoms with E-state index in [1.807, 2.05) is 12.1 Å². The topological polar surface area (TPSA) is 113 Å². The predicted octanol–water partition coefficient (Wildman–Crippen LogP) is 3.38. The van der Waals surface area contributed by atoms with Gasteiger partial charge in [-0.05, 0) is 56.5 Å². The minimum Gasteiger partial charge on any atom is -0.372 e. The van der Waals surface area contributed by atoms with Crippen LogP contribution >= 0.6 is 0 Å². The van der Waals surface area contributed by atoms with Crippen molar-refractivity contribution in [3.8, 4) is 0 Å². The normalized spacial score (nSPS) is 15.2. The predicted molar refractivity (Wildman–Crippen MR) is 121 cm³/mol. The van der Waals surface area contributed by atoms with Crippen molar-refractivity contribution in [2.75, 3.05) is 33.9 Å². The highest BCUT2D eigenvalue weighted by Crippen LogP contribution is 2.26. The van der Waals surface area contributed by atoms with Crippen molar-refractivity contribution in [3.05, 3.63) is 58.6 Å². The van der Waals surface area contributed by atoms with Crippen LogP contribution in [0.4, 0.5) is 22.7 Å². The number of piperidine rings is 1. The molecule has 0 aliphatic carbocycles. The first-order valence-electron chi connectivity index (χ1n) is 10.1. The van der Waals surface area contributed by atoms with Gasteiger partial charge in [0.1, 0.15) is 6.04 Å². The third-order valence-corrected chi connectivity index (χ3v) is 6.48. The molecule has 0 spiro atoms. The molecule has 1 aliphatic heterocycles. The Labute approximate surface area is 181 Å². The number of sulfonamides is 1. The molecule has 1 fully saturated rings. The number of benzene rings is 2. The molecule has 1 unspecified atom stereocenters. The zero-order valence-corrected chi connectivity index (χ0v) is 18.3. The van der Waals surface area contributed by atoms with Gasteiger partial charge in [0.15, 0.2) is 0 Å². The lowest BCUT2D eigenvalue weighted by molar-refractivity contribution is -0.384. The van der Waals surface area contributed by atoms with Gasteiger partial charge in [-0.1, -0.05) is 6.07 Å². The Balaban J connectivity index is 1.77. The van der Waals surface area contributed by atoms with Gasteiger partial charge in [0.25, 0.3) is 5.69 Å².